The van der Waals surface area contributed by atoms with Crippen molar-refractivity contribution in [2.75, 3.05) is 26.2 Å². The van der Waals surface area contributed by atoms with Gasteiger partial charge in [0, 0.05) is 37.8 Å². The molecular weight excluding hydrogens is 470 g/mol. The Morgan fingerprint density at radius 2 is 1.76 bits per heavy atom. The van der Waals surface area contributed by atoms with Gasteiger partial charge in [-0.15, -0.1) is 11.3 Å². The molecule has 0 N–H and O–H groups in total. The molecule has 1 saturated heterocycles. The minimum Gasteiger partial charge on any atom is -0.338 e. The van der Waals surface area contributed by atoms with Crippen LogP contribution in [0.3, 0.4) is 0 Å². The maximum Gasteiger partial charge on any atom is 0.252 e. The summed E-state index contributed by atoms with van der Waals surface area (Å²) < 4.78 is 28.9. The van der Waals surface area contributed by atoms with Crippen molar-refractivity contribution in [2.45, 2.75) is 24.6 Å². The van der Waals surface area contributed by atoms with E-state index in [4.69, 9.17) is 0 Å². The molecule has 0 spiro atoms. The molecule has 34 heavy (non-hydrogen) atoms. The topological polar surface area (TPSA) is 88.4 Å². The van der Waals surface area contributed by atoms with E-state index in [1.807, 2.05) is 13.0 Å². The summed E-state index contributed by atoms with van der Waals surface area (Å²) in [6.45, 7) is 5.30. The molecule has 1 aromatic carbocycles. The van der Waals surface area contributed by atoms with Crippen LogP contribution in [-0.4, -0.2) is 64.5 Å². The van der Waals surface area contributed by atoms with E-state index < -0.39 is 10.0 Å². The fourth-order valence-electron chi connectivity index (χ4n) is 4.31. The highest BCUT2D eigenvalue weighted by Gasteiger charge is 2.31. The van der Waals surface area contributed by atoms with Gasteiger partial charge in [-0.25, -0.2) is 18.1 Å². The van der Waals surface area contributed by atoms with Crippen molar-refractivity contribution < 1.29 is 13.2 Å². The maximum atomic E-state index is 13.1. The Bertz CT molecular complexity index is 1440. The number of sulfonamides is 1. The molecule has 0 unspecified atom stereocenters. The van der Waals surface area contributed by atoms with Gasteiger partial charge < -0.3 is 4.90 Å². The van der Waals surface area contributed by atoms with Gasteiger partial charge in [0.15, 0.2) is 5.65 Å². The second-order valence-corrected chi connectivity index (χ2v) is 11.5. The Kier molecular flexibility index (Phi) is 5.97. The lowest BCUT2D eigenvalue weighted by Gasteiger charge is -2.33. The van der Waals surface area contributed by atoms with Crippen LogP contribution in [0.4, 0.5) is 0 Å². The maximum absolute atomic E-state index is 13.1. The molecule has 1 aliphatic heterocycles. The summed E-state index contributed by atoms with van der Waals surface area (Å²) in [6, 6.07) is 13.6. The average Bonchev–Trinajstić information content (AvgIpc) is 3.49. The molecule has 1 aliphatic rings. The van der Waals surface area contributed by atoms with Crippen molar-refractivity contribution in [3.8, 4) is 11.1 Å². The number of nitrogens with zero attached hydrogens (tertiary/aromatic N) is 5. The Labute approximate surface area is 202 Å². The minimum absolute atomic E-state index is 0.0619. The predicted molar refractivity (Wildman–Crippen MR) is 132 cm³/mol. The molecular formula is C24H25N5O3S2. The number of carbonyl (C=O) groups excluding carboxylic acids is 1. The third-order valence-corrected chi connectivity index (χ3v) is 9.41. The van der Waals surface area contributed by atoms with Gasteiger partial charge in [-0.3, -0.25) is 4.79 Å². The molecule has 1 fully saturated rings. The number of aromatic nitrogens is 3. The number of thiophene rings is 1. The van der Waals surface area contributed by atoms with Gasteiger partial charge in [-0.1, -0.05) is 35.9 Å². The zero-order valence-electron chi connectivity index (χ0n) is 19.0. The summed E-state index contributed by atoms with van der Waals surface area (Å²) in [5, 5.41) is 7.31. The van der Waals surface area contributed by atoms with Crippen LogP contribution in [0.1, 0.15) is 11.3 Å². The Morgan fingerprint density at radius 1 is 1.03 bits per heavy atom. The van der Waals surface area contributed by atoms with Crippen LogP contribution in [-0.2, 0) is 21.4 Å². The second-order valence-electron chi connectivity index (χ2n) is 8.38. The largest absolute Gasteiger partial charge is 0.338 e. The highest BCUT2D eigenvalue weighted by molar-refractivity contribution is 7.91. The van der Waals surface area contributed by atoms with Crippen molar-refractivity contribution in [2.24, 2.45) is 0 Å². The Balaban J connectivity index is 1.33. The van der Waals surface area contributed by atoms with E-state index >= 15 is 0 Å². The number of benzene rings is 1. The van der Waals surface area contributed by atoms with E-state index in [1.165, 1.54) is 21.2 Å². The highest BCUT2D eigenvalue weighted by Crippen LogP contribution is 2.30. The SMILES string of the molecule is Cc1ccc(-c2ccnc3c2c(C)nn3CC(=O)N2CCN(S(=O)(=O)c3cccs3)CC2)cc1. The fourth-order valence-corrected chi connectivity index (χ4v) is 6.88. The van der Waals surface area contributed by atoms with Crippen LogP contribution in [0.15, 0.2) is 58.3 Å². The van der Waals surface area contributed by atoms with Crippen molar-refractivity contribution in [1.82, 2.24) is 24.0 Å². The number of pyridine rings is 1. The van der Waals surface area contributed by atoms with E-state index in [2.05, 4.69) is 41.3 Å². The standard InChI is InChI=1S/C24H25N5O3S2/c1-17-5-7-19(8-6-17)20-9-10-25-24-23(20)18(2)26-29(24)16-21(30)27-11-13-28(14-12-27)34(31,32)22-4-3-15-33-22/h3-10,15H,11-14,16H2,1-2H3. The molecule has 0 radical (unpaired) electrons. The number of carbonyl (C=O) groups is 1. The quantitative estimate of drug-likeness (QED) is 0.424. The van der Waals surface area contributed by atoms with E-state index in [-0.39, 0.29) is 25.5 Å². The Morgan fingerprint density at radius 3 is 2.44 bits per heavy atom. The first-order valence-corrected chi connectivity index (χ1v) is 13.4. The third kappa shape index (κ3) is 4.13. The molecule has 3 aromatic heterocycles. The van der Waals surface area contributed by atoms with E-state index in [0.29, 0.717) is 22.9 Å². The molecule has 176 valence electrons. The van der Waals surface area contributed by atoms with Gasteiger partial charge in [0.05, 0.1) is 5.69 Å². The number of fused-ring (bicyclic) bond motifs is 1. The normalized spacial score (nSPS) is 15.2. The van der Waals surface area contributed by atoms with Crippen molar-refractivity contribution in [3.63, 3.8) is 0 Å². The van der Waals surface area contributed by atoms with Crippen LogP contribution >= 0.6 is 11.3 Å². The van der Waals surface area contributed by atoms with Crippen molar-refractivity contribution in [1.29, 1.82) is 0 Å². The van der Waals surface area contributed by atoms with Crippen LogP contribution in [0.2, 0.25) is 0 Å². The van der Waals surface area contributed by atoms with Gasteiger partial charge in [-0.05, 0) is 42.5 Å². The Hall–Kier alpha value is -3.08. The summed E-state index contributed by atoms with van der Waals surface area (Å²) in [5.74, 6) is -0.0971. The number of piperazine rings is 1. The first-order valence-electron chi connectivity index (χ1n) is 11.1. The summed E-state index contributed by atoms with van der Waals surface area (Å²) in [6.07, 6.45) is 1.74. The first-order chi connectivity index (χ1) is 16.3. The van der Waals surface area contributed by atoms with Gasteiger partial charge in [0.2, 0.25) is 5.91 Å². The van der Waals surface area contributed by atoms with Gasteiger partial charge in [-0.2, -0.15) is 9.40 Å². The van der Waals surface area contributed by atoms with E-state index in [9.17, 15) is 13.2 Å². The molecule has 0 aliphatic carbocycles. The third-order valence-electron chi connectivity index (χ3n) is 6.14. The second kappa shape index (κ2) is 8.94. The van der Waals surface area contributed by atoms with Crippen LogP contribution in [0.25, 0.3) is 22.2 Å². The van der Waals surface area contributed by atoms with Crippen molar-refractivity contribution >= 4 is 38.3 Å². The monoisotopic (exact) mass is 495 g/mol. The number of rotatable bonds is 5. The van der Waals surface area contributed by atoms with Gasteiger partial charge in [0.1, 0.15) is 10.8 Å². The molecule has 0 saturated carbocycles. The lowest BCUT2D eigenvalue weighted by molar-refractivity contribution is -0.133. The molecule has 0 bridgehead atoms. The predicted octanol–water partition coefficient (Wildman–Crippen LogP) is 3.31. The number of amides is 1. The zero-order valence-corrected chi connectivity index (χ0v) is 20.6. The molecule has 0 atom stereocenters. The summed E-state index contributed by atoms with van der Waals surface area (Å²) >= 11 is 1.21. The summed E-state index contributed by atoms with van der Waals surface area (Å²) in [5.41, 5.74) is 4.79. The smallest absolute Gasteiger partial charge is 0.252 e. The van der Waals surface area contributed by atoms with Crippen LogP contribution < -0.4 is 0 Å². The molecule has 5 rings (SSSR count). The van der Waals surface area contributed by atoms with Crippen molar-refractivity contribution in [3.05, 3.63) is 65.3 Å². The van der Waals surface area contributed by atoms with E-state index in [1.54, 1.807) is 33.3 Å². The van der Waals surface area contributed by atoms with E-state index in [0.717, 1.165) is 22.2 Å². The van der Waals surface area contributed by atoms with Gasteiger partial charge in [0.25, 0.3) is 10.0 Å². The van der Waals surface area contributed by atoms with Gasteiger partial charge >= 0.3 is 0 Å². The zero-order chi connectivity index (χ0) is 23.9. The average molecular weight is 496 g/mol. The molecule has 8 nitrogen and oxygen atoms in total. The first kappa shape index (κ1) is 22.7. The molecule has 4 heterocycles. The molecule has 1 amide bonds. The van der Waals surface area contributed by atoms with Crippen LogP contribution in [0.5, 0.6) is 0 Å². The van der Waals surface area contributed by atoms with Crippen LogP contribution in [0, 0.1) is 13.8 Å². The lowest BCUT2D eigenvalue weighted by Crippen LogP contribution is -2.51. The number of hydrogen-bond donors (Lipinski definition) is 0. The molecule has 10 heteroatoms. The fraction of sp³-hybridized carbons (Fsp3) is 0.292. The summed E-state index contributed by atoms with van der Waals surface area (Å²) in [4.78, 5) is 19.3. The highest BCUT2D eigenvalue weighted by atomic mass is 32.2. The summed E-state index contributed by atoms with van der Waals surface area (Å²) in [7, 11) is -3.50. The minimum atomic E-state index is -3.50. The number of aryl methyl sites for hydroxylation is 2. The number of hydrogen-bond acceptors (Lipinski definition) is 6. The lowest BCUT2D eigenvalue weighted by atomic mass is 10.0. The molecule has 4 aromatic rings.